The van der Waals surface area contributed by atoms with Crippen LogP contribution in [0.25, 0.3) is 10.8 Å². The number of hydrogen-bond acceptors (Lipinski definition) is 7. The second kappa shape index (κ2) is 14.8. The van der Waals surface area contributed by atoms with Crippen molar-refractivity contribution in [2.45, 2.75) is 65.3 Å². The van der Waals surface area contributed by atoms with Crippen molar-refractivity contribution >= 4 is 40.5 Å². The number of carbonyl (C=O) groups excluding carboxylic acids is 4. The number of nitrogens with one attached hydrogen (secondary N) is 2. The van der Waals surface area contributed by atoms with E-state index < -0.39 is 47.5 Å². The maximum Gasteiger partial charge on any atom is 0.416 e. The Morgan fingerprint density at radius 2 is 1.69 bits per heavy atom. The van der Waals surface area contributed by atoms with E-state index in [1.165, 1.54) is 4.90 Å². The average molecular weight is 666 g/mol. The first-order chi connectivity index (χ1) is 23.4. The van der Waals surface area contributed by atoms with E-state index in [2.05, 4.69) is 15.6 Å². The number of likely N-dealkylation sites (N-methyl/N-ethyl adjacent to an activating group) is 1. The summed E-state index contributed by atoms with van der Waals surface area (Å²) in [6.45, 7) is 9.50. The van der Waals surface area contributed by atoms with Crippen molar-refractivity contribution in [3.63, 3.8) is 0 Å². The number of likely N-dealkylation sites (tertiary alicyclic amines) is 1. The highest BCUT2D eigenvalue weighted by atomic mass is 16.6. The molecule has 0 saturated carbocycles. The van der Waals surface area contributed by atoms with Crippen LogP contribution in [0.1, 0.15) is 57.4 Å². The zero-order valence-corrected chi connectivity index (χ0v) is 28.7. The fourth-order valence-corrected chi connectivity index (χ4v) is 5.97. The van der Waals surface area contributed by atoms with Gasteiger partial charge in [-0.2, -0.15) is 0 Å². The molecule has 0 bridgehead atoms. The van der Waals surface area contributed by atoms with Gasteiger partial charge in [0.1, 0.15) is 23.2 Å². The normalized spacial score (nSPS) is 16.4. The van der Waals surface area contributed by atoms with E-state index in [4.69, 9.17) is 9.47 Å². The highest BCUT2D eigenvalue weighted by Gasteiger charge is 2.54. The molecule has 49 heavy (non-hydrogen) atoms. The third kappa shape index (κ3) is 7.99. The molecular weight excluding hydrogens is 622 g/mol. The number of nitrogens with zero attached hydrogens (tertiary/aromatic N) is 3. The number of anilines is 1. The van der Waals surface area contributed by atoms with Gasteiger partial charge in [0.05, 0.1) is 25.6 Å². The number of imide groups is 1. The number of benzene rings is 3. The van der Waals surface area contributed by atoms with Crippen molar-refractivity contribution in [2.24, 2.45) is 5.92 Å². The molecule has 4 aromatic rings. The first-order valence-corrected chi connectivity index (χ1v) is 16.4. The van der Waals surface area contributed by atoms with Crippen LogP contribution in [0.2, 0.25) is 0 Å². The minimum atomic E-state index is -1.01. The minimum Gasteiger partial charge on any atom is -0.497 e. The lowest BCUT2D eigenvalue weighted by Gasteiger charge is -2.44. The number of fused-ring (bicyclic) bond motifs is 1. The van der Waals surface area contributed by atoms with Gasteiger partial charge in [0.25, 0.3) is 0 Å². The number of hydrogen-bond donors (Lipinski definition) is 2. The smallest absolute Gasteiger partial charge is 0.416 e. The van der Waals surface area contributed by atoms with Crippen molar-refractivity contribution in [3.05, 3.63) is 102 Å². The number of rotatable bonds is 10. The molecule has 256 valence electrons. The van der Waals surface area contributed by atoms with Crippen molar-refractivity contribution in [3.8, 4) is 5.75 Å². The lowest BCUT2D eigenvalue weighted by atomic mass is 9.82. The van der Waals surface area contributed by atoms with Crippen LogP contribution in [-0.2, 0) is 27.3 Å². The van der Waals surface area contributed by atoms with Gasteiger partial charge in [0, 0.05) is 12.7 Å². The summed E-state index contributed by atoms with van der Waals surface area (Å²) in [5.74, 6) is -0.659. The molecule has 11 heteroatoms. The molecule has 1 aromatic heterocycles. The molecule has 3 atom stereocenters. The van der Waals surface area contributed by atoms with Crippen LogP contribution in [-0.4, -0.2) is 59.1 Å². The maximum atomic E-state index is 13.6. The molecule has 0 unspecified atom stereocenters. The molecule has 3 aromatic carbocycles. The predicted octanol–water partition coefficient (Wildman–Crippen LogP) is 6.16. The standard InChI is InChI=1S/C38H43N5O6/c1-7-39-34(44)33-31(35(45)43(33)36(46)41-24(2)29-14-10-12-27-11-8-9-13-30(27)29)21-26-19-20-40-32(22-26)42(37(47)49-38(3,4)5)23-25-15-17-28(48-6)18-16-25/h8-20,22,24,31,33H,7,21,23H2,1-6H3,(H,39,44)(H,41,46)/t24-,31-,33+/m1/s1. The number of pyridine rings is 1. The molecule has 0 radical (unpaired) electrons. The van der Waals surface area contributed by atoms with Crippen LogP contribution in [0.4, 0.5) is 15.4 Å². The monoisotopic (exact) mass is 665 g/mol. The largest absolute Gasteiger partial charge is 0.497 e. The molecule has 1 aliphatic rings. The Hall–Kier alpha value is -5.45. The Balaban J connectivity index is 1.36. The first kappa shape index (κ1) is 34.9. The summed E-state index contributed by atoms with van der Waals surface area (Å²) in [6.07, 6.45) is 1.12. The van der Waals surface area contributed by atoms with Crippen LogP contribution in [0.3, 0.4) is 0 Å². The fraction of sp³-hybridized carbons (Fsp3) is 0.342. The quantitative estimate of drug-likeness (QED) is 0.194. The molecule has 1 aliphatic heterocycles. The van der Waals surface area contributed by atoms with Crippen molar-refractivity contribution in [2.75, 3.05) is 18.6 Å². The number of urea groups is 1. The summed E-state index contributed by atoms with van der Waals surface area (Å²) in [6, 6.07) is 22.4. The van der Waals surface area contributed by atoms with Crippen LogP contribution < -0.4 is 20.3 Å². The van der Waals surface area contributed by atoms with Crippen LogP contribution in [0.15, 0.2) is 85.1 Å². The van der Waals surface area contributed by atoms with E-state index in [1.54, 1.807) is 65.3 Å². The van der Waals surface area contributed by atoms with E-state index in [0.29, 0.717) is 23.7 Å². The second-order valence-corrected chi connectivity index (χ2v) is 13.0. The van der Waals surface area contributed by atoms with Gasteiger partial charge in [-0.25, -0.2) is 14.6 Å². The zero-order chi connectivity index (χ0) is 35.3. The molecular formula is C38H43N5O6. The van der Waals surface area contributed by atoms with Crippen molar-refractivity contribution in [1.82, 2.24) is 20.5 Å². The summed E-state index contributed by atoms with van der Waals surface area (Å²) >= 11 is 0. The molecule has 5 amide bonds. The van der Waals surface area contributed by atoms with Gasteiger partial charge in [-0.15, -0.1) is 0 Å². The topological polar surface area (TPSA) is 130 Å². The molecule has 0 spiro atoms. The number of aromatic nitrogens is 1. The van der Waals surface area contributed by atoms with Crippen LogP contribution in [0, 0.1) is 5.92 Å². The van der Waals surface area contributed by atoms with E-state index in [9.17, 15) is 19.2 Å². The number of methoxy groups -OCH3 is 1. The molecule has 0 aliphatic carbocycles. The van der Waals surface area contributed by atoms with Crippen LogP contribution >= 0.6 is 0 Å². The lowest BCUT2D eigenvalue weighted by Crippen LogP contribution is -2.70. The Kier molecular flexibility index (Phi) is 10.5. The summed E-state index contributed by atoms with van der Waals surface area (Å²) in [5, 5.41) is 7.73. The maximum absolute atomic E-state index is 13.6. The van der Waals surface area contributed by atoms with Gasteiger partial charge in [0.2, 0.25) is 11.8 Å². The molecule has 5 rings (SSSR count). The van der Waals surface area contributed by atoms with Gasteiger partial charge in [-0.05, 0) is 92.8 Å². The van der Waals surface area contributed by atoms with Gasteiger partial charge in [-0.3, -0.25) is 19.4 Å². The van der Waals surface area contributed by atoms with E-state index >= 15 is 0 Å². The average Bonchev–Trinajstić information content (AvgIpc) is 3.07. The van der Waals surface area contributed by atoms with Gasteiger partial charge in [0.15, 0.2) is 0 Å². The first-order valence-electron chi connectivity index (χ1n) is 16.4. The Morgan fingerprint density at radius 3 is 2.39 bits per heavy atom. The zero-order valence-electron chi connectivity index (χ0n) is 28.7. The Morgan fingerprint density at radius 1 is 0.980 bits per heavy atom. The van der Waals surface area contributed by atoms with Gasteiger partial charge < -0.3 is 20.1 Å². The number of amides is 5. The summed E-state index contributed by atoms with van der Waals surface area (Å²) in [4.78, 5) is 60.8. The fourth-order valence-electron chi connectivity index (χ4n) is 5.97. The lowest BCUT2D eigenvalue weighted by molar-refractivity contribution is -0.157. The molecule has 1 saturated heterocycles. The summed E-state index contributed by atoms with van der Waals surface area (Å²) in [5.41, 5.74) is 1.65. The van der Waals surface area contributed by atoms with Crippen LogP contribution in [0.5, 0.6) is 5.75 Å². The predicted molar refractivity (Wildman–Crippen MR) is 187 cm³/mol. The SMILES string of the molecule is CCNC(=O)[C@@H]1[C@@H](Cc2ccnc(N(Cc3ccc(OC)cc3)C(=O)OC(C)(C)C)c2)C(=O)N1C(=O)N[C@H](C)c1cccc2ccccc12. The van der Waals surface area contributed by atoms with Crippen molar-refractivity contribution < 1.29 is 28.7 Å². The summed E-state index contributed by atoms with van der Waals surface area (Å²) in [7, 11) is 1.58. The van der Waals surface area contributed by atoms with Gasteiger partial charge >= 0.3 is 12.1 Å². The molecule has 2 heterocycles. The number of ether oxygens (including phenoxy) is 2. The molecule has 11 nitrogen and oxygen atoms in total. The Bertz CT molecular complexity index is 1830. The van der Waals surface area contributed by atoms with E-state index in [0.717, 1.165) is 26.8 Å². The third-order valence-electron chi connectivity index (χ3n) is 8.34. The highest BCUT2D eigenvalue weighted by Crippen LogP contribution is 2.33. The minimum absolute atomic E-state index is 0.156. The second-order valence-electron chi connectivity index (χ2n) is 13.0. The van der Waals surface area contributed by atoms with E-state index in [1.807, 2.05) is 61.5 Å². The molecule has 1 fully saturated rings. The Labute approximate surface area is 286 Å². The molecule has 2 N–H and O–H groups in total. The summed E-state index contributed by atoms with van der Waals surface area (Å²) < 4.78 is 11.0. The van der Waals surface area contributed by atoms with Crippen molar-refractivity contribution in [1.29, 1.82) is 0 Å². The number of β-lactam (4-membered cyclic amide) rings is 1. The van der Waals surface area contributed by atoms with Gasteiger partial charge in [-0.1, -0.05) is 54.6 Å². The van der Waals surface area contributed by atoms with E-state index in [-0.39, 0.29) is 13.0 Å². The third-order valence-corrected chi connectivity index (χ3v) is 8.34. The highest BCUT2D eigenvalue weighted by molar-refractivity contribution is 6.09. The number of carbonyl (C=O) groups is 4.